The van der Waals surface area contributed by atoms with E-state index in [1.807, 2.05) is 60.4 Å². The van der Waals surface area contributed by atoms with Crippen molar-refractivity contribution in [2.45, 2.75) is 32.7 Å². The zero-order valence-corrected chi connectivity index (χ0v) is 15.1. The number of ether oxygens (including phenoxy) is 1. The molecule has 0 fully saturated rings. The lowest BCUT2D eigenvalue weighted by Gasteiger charge is -2.35. The number of rotatable bonds is 3. The topological polar surface area (TPSA) is 42.4 Å². The lowest BCUT2D eigenvalue weighted by molar-refractivity contribution is -0.121. The molecule has 0 aliphatic carbocycles. The van der Waals surface area contributed by atoms with Gasteiger partial charge in [0.2, 0.25) is 0 Å². The number of aromatic nitrogens is 1. The number of anilines is 1. The number of benzene rings is 2. The molecule has 4 rings (SSSR count). The number of pyridine rings is 1. The van der Waals surface area contributed by atoms with Crippen LogP contribution < -0.4 is 9.64 Å². The fraction of sp³-hybridized carbons (Fsp3) is 0.273. The lowest BCUT2D eigenvalue weighted by Crippen LogP contribution is -2.44. The van der Waals surface area contributed by atoms with E-state index in [1.54, 1.807) is 0 Å². The number of hydrogen-bond donors (Lipinski definition) is 0. The molecule has 0 bridgehead atoms. The summed E-state index contributed by atoms with van der Waals surface area (Å²) in [4.78, 5) is 19.4. The highest BCUT2D eigenvalue weighted by Crippen LogP contribution is 2.31. The van der Waals surface area contributed by atoms with Crippen molar-refractivity contribution in [2.24, 2.45) is 0 Å². The van der Waals surface area contributed by atoms with Crippen molar-refractivity contribution < 1.29 is 9.53 Å². The maximum atomic E-state index is 12.9. The van der Waals surface area contributed by atoms with Crippen molar-refractivity contribution in [2.75, 3.05) is 11.5 Å². The molecule has 0 saturated heterocycles. The third-order valence-corrected chi connectivity index (χ3v) is 4.97. The molecule has 1 aliphatic rings. The molecule has 3 aromatic rings. The van der Waals surface area contributed by atoms with Crippen molar-refractivity contribution in [1.29, 1.82) is 0 Å². The molecule has 4 nitrogen and oxygen atoms in total. The van der Waals surface area contributed by atoms with E-state index in [4.69, 9.17) is 4.74 Å². The minimum absolute atomic E-state index is 0.00735. The van der Waals surface area contributed by atoms with E-state index < -0.39 is 0 Å². The first-order chi connectivity index (χ1) is 12.6. The molecule has 0 spiro atoms. The maximum absolute atomic E-state index is 12.9. The molecule has 132 valence electrons. The van der Waals surface area contributed by atoms with Gasteiger partial charge in [-0.15, -0.1) is 0 Å². The van der Waals surface area contributed by atoms with Gasteiger partial charge in [0.1, 0.15) is 11.3 Å². The molecule has 26 heavy (non-hydrogen) atoms. The van der Waals surface area contributed by atoms with Gasteiger partial charge >= 0.3 is 0 Å². The second kappa shape index (κ2) is 6.79. The van der Waals surface area contributed by atoms with Gasteiger partial charge in [-0.2, -0.15) is 0 Å². The molecule has 2 aromatic carbocycles. The third-order valence-electron chi connectivity index (χ3n) is 4.97. The lowest BCUT2D eigenvalue weighted by atomic mass is 9.96. The van der Waals surface area contributed by atoms with E-state index in [0.717, 1.165) is 35.1 Å². The van der Waals surface area contributed by atoms with Crippen LogP contribution in [-0.4, -0.2) is 23.5 Å². The van der Waals surface area contributed by atoms with Gasteiger partial charge in [0.05, 0.1) is 0 Å². The van der Waals surface area contributed by atoms with E-state index in [-0.39, 0.29) is 18.6 Å². The highest BCUT2D eigenvalue weighted by atomic mass is 16.5. The molecular weight excluding hydrogens is 324 g/mol. The average molecular weight is 346 g/mol. The minimum atomic E-state index is -0.0192. The number of nitrogens with zero attached hydrogens (tertiary/aromatic N) is 2. The molecule has 1 aromatic heterocycles. The predicted octanol–water partition coefficient (Wildman–Crippen LogP) is 4.29. The number of aryl methyl sites for hydroxylation is 2. The molecule has 0 radical (unpaired) electrons. The van der Waals surface area contributed by atoms with Gasteiger partial charge in [-0.05, 0) is 50.5 Å². The predicted molar refractivity (Wildman–Crippen MR) is 104 cm³/mol. The number of carbonyl (C=O) groups excluding carboxylic acids is 1. The van der Waals surface area contributed by atoms with Crippen LogP contribution >= 0.6 is 0 Å². The van der Waals surface area contributed by atoms with Gasteiger partial charge in [0.25, 0.3) is 5.91 Å². The van der Waals surface area contributed by atoms with Gasteiger partial charge in [0.15, 0.2) is 6.61 Å². The Morgan fingerprint density at radius 2 is 2.00 bits per heavy atom. The summed E-state index contributed by atoms with van der Waals surface area (Å²) in [5, 5.41) is 1.01. The van der Waals surface area contributed by atoms with E-state index in [9.17, 15) is 4.79 Å². The fourth-order valence-corrected chi connectivity index (χ4v) is 3.61. The number of hydrogen-bond acceptors (Lipinski definition) is 3. The molecule has 0 saturated carbocycles. The first kappa shape index (κ1) is 16.6. The van der Waals surface area contributed by atoms with Crippen molar-refractivity contribution in [3.05, 3.63) is 65.9 Å². The average Bonchev–Trinajstić information content (AvgIpc) is 2.66. The second-order valence-electron chi connectivity index (χ2n) is 6.85. The SMILES string of the molecule is Cc1ccc2cccc(OCC(=O)N3c4ccccc4CCC3C)c2n1. The first-order valence-corrected chi connectivity index (χ1v) is 9.02. The largest absolute Gasteiger partial charge is 0.481 e. The van der Waals surface area contributed by atoms with Crippen molar-refractivity contribution in [1.82, 2.24) is 4.98 Å². The summed E-state index contributed by atoms with van der Waals surface area (Å²) in [5.41, 5.74) is 3.96. The minimum Gasteiger partial charge on any atom is -0.481 e. The van der Waals surface area contributed by atoms with E-state index in [1.165, 1.54) is 5.56 Å². The fourth-order valence-electron chi connectivity index (χ4n) is 3.61. The van der Waals surface area contributed by atoms with Crippen LogP contribution in [0.4, 0.5) is 5.69 Å². The van der Waals surface area contributed by atoms with Crippen molar-refractivity contribution in [3.8, 4) is 5.75 Å². The molecular formula is C22H22N2O2. The Hall–Kier alpha value is -2.88. The highest BCUT2D eigenvalue weighted by Gasteiger charge is 2.28. The van der Waals surface area contributed by atoms with Crippen molar-refractivity contribution >= 4 is 22.5 Å². The maximum Gasteiger partial charge on any atom is 0.265 e. The van der Waals surface area contributed by atoms with E-state index in [2.05, 4.69) is 18.0 Å². The number of para-hydroxylation sites is 2. The first-order valence-electron chi connectivity index (χ1n) is 9.02. The van der Waals surface area contributed by atoms with Crippen LogP contribution in [0.1, 0.15) is 24.6 Å². The molecule has 2 heterocycles. The Balaban J connectivity index is 1.57. The smallest absolute Gasteiger partial charge is 0.265 e. The van der Waals surface area contributed by atoms with Crippen LogP contribution in [0.15, 0.2) is 54.6 Å². The molecule has 1 aliphatic heterocycles. The number of amides is 1. The van der Waals surface area contributed by atoms with Crippen LogP contribution in [0.25, 0.3) is 10.9 Å². The van der Waals surface area contributed by atoms with Crippen LogP contribution in [0.5, 0.6) is 5.75 Å². The Bertz CT molecular complexity index is 967. The molecule has 1 atom stereocenters. The van der Waals surface area contributed by atoms with E-state index in [0.29, 0.717) is 5.75 Å². The van der Waals surface area contributed by atoms with Gasteiger partial charge in [-0.3, -0.25) is 4.79 Å². The second-order valence-corrected chi connectivity index (χ2v) is 6.85. The zero-order valence-electron chi connectivity index (χ0n) is 15.1. The van der Waals surface area contributed by atoms with Crippen LogP contribution in [0.3, 0.4) is 0 Å². The third kappa shape index (κ3) is 3.03. The summed E-state index contributed by atoms with van der Waals surface area (Å²) in [6.45, 7) is 4.05. The standard InChI is InChI=1S/C22H22N2O2/c1-15-10-12-18-7-5-9-20(22(18)23-15)26-14-21(25)24-16(2)11-13-17-6-3-4-8-19(17)24/h3-10,12,16H,11,13-14H2,1-2H3. The molecule has 1 unspecified atom stereocenters. The van der Waals surface area contributed by atoms with Crippen molar-refractivity contribution in [3.63, 3.8) is 0 Å². The summed E-state index contributed by atoms with van der Waals surface area (Å²) in [6, 6.07) is 18.1. The normalized spacial score (nSPS) is 16.4. The van der Waals surface area contributed by atoms with Gasteiger partial charge in [-0.25, -0.2) is 4.98 Å². The molecule has 0 N–H and O–H groups in total. The van der Waals surface area contributed by atoms with Crippen LogP contribution in [-0.2, 0) is 11.2 Å². The van der Waals surface area contributed by atoms with E-state index >= 15 is 0 Å². The van der Waals surface area contributed by atoms with Crippen LogP contribution in [0.2, 0.25) is 0 Å². The Labute approximate surface area is 153 Å². The summed E-state index contributed by atoms with van der Waals surface area (Å²) in [6.07, 6.45) is 1.98. The Kier molecular flexibility index (Phi) is 4.33. The van der Waals surface area contributed by atoms with Gasteiger partial charge in [0, 0.05) is 22.8 Å². The number of fused-ring (bicyclic) bond motifs is 2. The summed E-state index contributed by atoms with van der Waals surface area (Å²) >= 11 is 0. The zero-order chi connectivity index (χ0) is 18.1. The Morgan fingerprint density at radius 3 is 2.88 bits per heavy atom. The monoisotopic (exact) mass is 346 g/mol. The van der Waals surface area contributed by atoms with Gasteiger partial charge in [-0.1, -0.05) is 36.4 Å². The quantitative estimate of drug-likeness (QED) is 0.710. The number of carbonyl (C=O) groups is 1. The van der Waals surface area contributed by atoms with Crippen LogP contribution in [0, 0.1) is 6.92 Å². The summed E-state index contributed by atoms with van der Waals surface area (Å²) in [5.74, 6) is 0.631. The highest BCUT2D eigenvalue weighted by molar-refractivity contribution is 5.96. The Morgan fingerprint density at radius 1 is 1.15 bits per heavy atom. The summed E-state index contributed by atoms with van der Waals surface area (Å²) in [7, 11) is 0. The molecule has 1 amide bonds. The molecule has 4 heteroatoms. The summed E-state index contributed by atoms with van der Waals surface area (Å²) < 4.78 is 5.90. The van der Waals surface area contributed by atoms with Gasteiger partial charge < -0.3 is 9.64 Å².